The summed E-state index contributed by atoms with van der Waals surface area (Å²) >= 11 is 0. The van der Waals surface area contributed by atoms with Crippen LogP contribution in [0.3, 0.4) is 0 Å². The predicted molar refractivity (Wildman–Crippen MR) is 94.1 cm³/mol. The molecule has 0 radical (unpaired) electrons. The summed E-state index contributed by atoms with van der Waals surface area (Å²) in [6.07, 6.45) is 0. The van der Waals surface area contributed by atoms with Gasteiger partial charge in [0.1, 0.15) is 11.6 Å². The summed E-state index contributed by atoms with van der Waals surface area (Å²) in [5.74, 6) is -0.981. The van der Waals surface area contributed by atoms with E-state index >= 15 is 0 Å². The van der Waals surface area contributed by atoms with Crippen LogP contribution in [0.15, 0.2) is 47.5 Å². The molecular formula is C18H22F2N4. The van der Waals surface area contributed by atoms with Gasteiger partial charge in [-0.1, -0.05) is 23.8 Å². The number of nitrogens with zero attached hydrogens (tertiary/aromatic N) is 2. The third-order valence-electron chi connectivity index (χ3n) is 3.71. The lowest BCUT2D eigenvalue weighted by Gasteiger charge is -2.24. The Labute approximate surface area is 141 Å². The molecule has 0 fully saturated rings. The van der Waals surface area contributed by atoms with E-state index in [1.807, 2.05) is 31.2 Å². The van der Waals surface area contributed by atoms with Crippen molar-refractivity contribution in [2.75, 3.05) is 26.0 Å². The summed E-state index contributed by atoms with van der Waals surface area (Å²) in [4.78, 5) is 5.94. The summed E-state index contributed by atoms with van der Waals surface area (Å²) in [6.45, 7) is 2.13. The molecular weight excluding hydrogens is 310 g/mol. The van der Waals surface area contributed by atoms with Crippen molar-refractivity contribution in [3.63, 3.8) is 0 Å². The minimum absolute atomic E-state index is 0.00520. The van der Waals surface area contributed by atoms with Crippen molar-refractivity contribution >= 4 is 11.6 Å². The quantitative estimate of drug-likeness (QED) is 0.652. The fourth-order valence-corrected chi connectivity index (χ4v) is 2.35. The first-order chi connectivity index (χ1) is 11.4. The van der Waals surface area contributed by atoms with Crippen LogP contribution in [0.1, 0.15) is 17.2 Å². The Kier molecular flexibility index (Phi) is 5.87. The Morgan fingerprint density at radius 2 is 1.71 bits per heavy atom. The molecule has 2 aromatic rings. The molecule has 24 heavy (non-hydrogen) atoms. The Bertz CT molecular complexity index is 691. The van der Waals surface area contributed by atoms with E-state index in [0.29, 0.717) is 0 Å². The number of guanidine groups is 1. The monoisotopic (exact) mass is 332 g/mol. The molecule has 0 amide bonds. The zero-order valence-electron chi connectivity index (χ0n) is 14.1. The lowest BCUT2D eigenvalue weighted by molar-refractivity contribution is 0.290. The number of likely N-dealkylation sites (N-methyl/N-ethyl adjacent to an activating group) is 1. The Morgan fingerprint density at radius 1 is 1.12 bits per heavy atom. The van der Waals surface area contributed by atoms with E-state index in [2.05, 4.69) is 10.3 Å². The highest BCUT2D eigenvalue weighted by Gasteiger charge is 2.21. The van der Waals surface area contributed by atoms with E-state index in [1.54, 1.807) is 19.0 Å². The number of benzene rings is 2. The summed E-state index contributed by atoms with van der Waals surface area (Å²) in [7, 11) is 3.49. The van der Waals surface area contributed by atoms with Crippen molar-refractivity contribution in [2.45, 2.75) is 13.0 Å². The van der Waals surface area contributed by atoms with Crippen LogP contribution in [-0.2, 0) is 0 Å². The summed E-state index contributed by atoms with van der Waals surface area (Å²) in [5, 5.41) is 2.97. The van der Waals surface area contributed by atoms with Gasteiger partial charge in [-0.3, -0.25) is 4.99 Å². The van der Waals surface area contributed by atoms with Crippen LogP contribution < -0.4 is 11.1 Å². The zero-order valence-corrected chi connectivity index (χ0v) is 14.1. The smallest absolute Gasteiger partial charge is 0.193 e. The molecule has 0 spiro atoms. The predicted octanol–water partition coefficient (Wildman–Crippen LogP) is 3.30. The normalized spacial score (nSPS) is 13.2. The minimum atomic E-state index is -0.589. The van der Waals surface area contributed by atoms with Crippen molar-refractivity contribution in [1.29, 1.82) is 0 Å². The lowest BCUT2D eigenvalue weighted by atomic mass is 10.0. The van der Waals surface area contributed by atoms with Gasteiger partial charge in [-0.15, -0.1) is 0 Å². The highest BCUT2D eigenvalue weighted by Crippen LogP contribution is 2.24. The van der Waals surface area contributed by atoms with E-state index in [9.17, 15) is 8.78 Å². The van der Waals surface area contributed by atoms with Crippen LogP contribution in [0.25, 0.3) is 0 Å². The van der Waals surface area contributed by atoms with Crippen LogP contribution in [0, 0.1) is 18.6 Å². The summed E-state index contributed by atoms with van der Waals surface area (Å²) in [6, 6.07) is 11.0. The van der Waals surface area contributed by atoms with Crippen LogP contribution in [0.5, 0.6) is 0 Å². The second-order valence-corrected chi connectivity index (χ2v) is 5.83. The highest BCUT2D eigenvalue weighted by molar-refractivity contribution is 5.92. The molecule has 2 rings (SSSR count). The van der Waals surface area contributed by atoms with Crippen molar-refractivity contribution in [1.82, 2.24) is 4.90 Å². The molecule has 0 heterocycles. The van der Waals surface area contributed by atoms with E-state index in [1.165, 1.54) is 18.2 Å². The molecule has 0 aromatic heterocycles. The van der Waals surface area contributed by atoms with Crippen LogP contribution >= 0.6 is 0 Å². The van der Waals surface area contributed by atoms with Crippen molar-refractivity contribution in [3.05, 3.63) is 65.2 Å². The standard InChI is InChI=1S/C18H22F2N4/c1-12-7-9-13(10-8-12)23-18(21)22-11-16(24(2)3)17-14(19)5-4-6-15(17)20/h4-10,16H,11H2,1-3H3,(H3,21,22,23). The molecule has 4 nitrogen and oxygen atoms in total. The van der Waals surface area contributed by atoms with E-state index in [4.69, 9.17) is 5.73 Å². The van der Waals surface area contributed by atoms with Gasteiger partial charge in [-0.25, -0.2) is 8.78 Å². The molecule has 1 unspecified atom stereocenters. The minimum Gasteiger partial charge on any atom is -0.370 e. The largest absolute Gasteiger partial charge is 0.370 e. The molecule has 3 N–H and O–H groups in total. The molecule has 6 heteroatoms. The van der Waals surface area contributed by atoms with Crippen molar-refractivity contribution < 1.29 is 8.78 Å². The number of halogens is 2. The Balaban J connectivity index is 2.14. The van der Waals surface area contributed by atoms with E-state index in [-0.39, 0.29) is 18.1 Å². The van der Waals surface area contributed by atoms with Gasteiger partial charge >= 0.3 is 0 Å². The molecule has 0 bridgehead atoms. The number of aliphatic imine (C=N–C) groups is 1. The first-order valence-corrected chi connectivity index (χ1v) is 7.62. The van der Waals surface area contributed by atoms with Crippen LogP contribution in [0.2, 0.25) is 0 Å². The average molecular weight is 332 g/mol. The summed E-state index contributed by atoms with van der Waals surface area (Å²) in [5.41, 5.74) is 7.82. The molecule has 2 aromatic carbocycles. The molecule has 0 aliphatic rings. The van der Waals surface area contributed by atoms with Gasteiger partial charge in [0.15, 0.2) is 5.96 Å². The Morgan fingerprint density at radius 3 is 2.25 bits per heavy atom. The summed E-state index contributed by atoms with van der Waals surface area (Å²) < 4.78 is 28.0. The SMILES string of the molecule is Cc1ccc(NC(N)=NCC(c2c(F)cccc2F)N(C)C)cc1. The van der Waals surface area contributed by atoms with Gasteiger partial charge in [0.05, 0.1) is 12.6 Å². The number of rotatable bonds is 5. The maximum absolute atomic E-state index is 14.0. The first-order valence-electron chi connectivity index (χ1n) is 7.62. The second kappa shape index (κ2) is 7.88. The third kappa shape index (κ3) is 4.52. The van der Waals surface area contributed by atoms with E-state index < -0.39 is 17.7 Å². The second-order valence-electron chi connectivity index (χ2n) is 5.83. The topological polar surface area (TPSA) is 53.6 Å². The lowest BCUT2D eigenvalue weighted by Crippen LogP contribution is -2.28. The fourth-order valence-electron chi connectivity index (χ4n) is 2.35. The highest BCUT2D eigenvalue weighted by atomic mass is 19.1. The molecule has 128 valence electrons. The number of nitrogens with one attached hydrogen (secondary N) is 1. The number of hydrogen-bond donors (Lipinski definition) is 2. The molecule has 0 aliphatic heterocycles. The number of nitrogens with two attached hydrogens (primary N) is 1. The number of anilines is 1. The van der Waals surface area contributed by atoms with Crippen molar-refractivity contribution in [2.24, 2.45) is 10.7 Å². The first kappa shape index (κ1) is 17.9. The fraction of sp³-hybridized carbons (Fsp3) is 0.278. The zero-order chi connectivity index (χ0) is 17.7. The molecule has 1 atom stereocenters. The van der Waals surface area contributed by atoms with E-state index in [0.717, 1.165) is 11.3 Å². The van der Waals surface area contributed by atoms with Gasteiger partial charge in [-0.05, 0) is 45.3 Å². The van der Waals surface area contributed by atoms with Gasteiger partial charge < -0.3 is 16.0 Å². The van der Waals surface area contributed by atoms with Crippen LogP contribution in [-0.4, -0.2) is 31.5 Å². The Hall–Kier alpha value is -2.47. The van der Waals surface area contributed by atoms with Crippen molar-refractivity contribution in [3.8, 4) is 0 Å². The molecule has 0 aliphatic carbocycles. The number of aryl methyl sites for hydroxylation is 1. The van der Waals surface area contributed by atoms with Gasteiger partial charge in [-0.2, -0.15) is 0 Å². The average Bonchev–Trinajstić information content (AvgIpc) is 2.52. The maximum atomic E-state index is 14.0. The third-order valence-corrected chi connectivity index (χ3v) is 3.71. The van der Waals surface area contributed by atoms with Gasteiger partial charge in [0.2, 0.25) is 0 Å². The molecule has 0 saturated heterocycles. The molecule has 0 saturated carbocycles. The van der Waals surface area contributed by atoms with Crippen LogP contribution in [0.4, 0.5) is 14.5 Å². The number of hydrogen-bond acceptors (Lipinski definition) is 2. The van der Waals surface area contributed by atoms with Gasteiger partial charge in [0, 0.05) is 11.3 Å². The van der Waals surface area contributed by atoms with Gasteiger partial charge in [0.25, 0.3) is 0 Å². The maximum Gasteiger partial charge on any atom is 0.193 e.